The van der Waals surface area contributed by atoms with Crippen LogP contribution in [-0.2, 0) is 9.59 Å². The SMILES string of the molecule is CC(NC(=O)CNC(=O)CN)C12CC3CC(CC(C3)C1)C2. The third-order valence-corrected chi connectivity index (χ3v) is 6.01. The molecule has 4 aliphatic carbocycles. The van der Waals surface area contributed by atoms with Crippen molar-refractivity contribution in [3.8, 4) is 0 Å². The van der Waals surface area contributed by atoms with Gasteiger partial charge in [0.2, 0.25) is 11.8 Å². The quantitative estimate of drug-likeness (QED) is 0.700. The van der Waals surface area contributed by atoms with Crippen molar-refractivity contribution in [2.45, 2.75) is 51.5 Å². The van der Waals surface area contributed by atoms with E-state index < -0.39 is 0 Å². The molecule has 2 amide bonds. The molecule has 4 aliphatic rings. The van der Waals surface area contributed by atoms with Crippen molar-refractivity contribution in [3.05, 3.63) is 0 Å². The second-order valence-corrected chi connectivity index (χ2v) is 7.55. The second-order valence-electron chi connectivity index (χ2n) is 7.55. The maximum atomic E-state index is 12.0. The van der Waals surface area contributed by atoms with Crippen LogP contribution in [0.1, 0.15) is 45.4 Å². The molecule has 0 radical (unpaired) electrons. The smallest absolute Gasteiger partial charge is 0.239 e. The molecule has 0 aromatic rings. The molecule has 0 saturated heterocycles. The number of carbonyl (C=O) groups is 2. The Hall–Kier alpha value is -1.10. The summed E-state index contributed by atoms with van der Waals surface area (Å²) in [6.45, 7) is 2.11. The predicted molar refractivity (Wildman–Crippen MR) is 80.3 cm³/mol. The summed E-state index contributed by atoms with van der Waals surface area (Å²) >= 11 is 0. The lowest BCUT2D eigenvalue weighted by molar-refractivity contribution is -0.128. The molecule has 5 heteroatoms. The van der Waals surface area contributed by atoms with Gasteiger partial charge < -0.3 is 16.4 Å². The molecular weight excluding hydrogens is 266 g/mol. The minimum atomic E-state index is -0.285. The Labute approximate surface area is 126 Å². The van der Waals surface area contributed by atoms with Crippen LogP contribution in [0.3, 0.4) is 0 Å². The van der Waals surface area contributed by atoms with Crippen LogP contribution >= 0.6 is 0 Å². The lowest BCUT2D eigenvalue weighted by atomic mass is 9.48. The number of hydrogen-bond donors (Lipinski definition) is 3. The van der Waals surface area contributed by atoms with Crippen LogP contribution < -0.4 is 16.4 Å². The number of rotatable bonds is 5. The third kappa shape index (κ3) is 2.93. The molecule has 0 aliphatic heterocycles. The highest BCUT2D eigenvalue weighted by Crippen LogP contribution is 2.61. The van der Waals surface area contributed by atoms with Gasteiger partial charge in [-0.2, -0.15) is 0 Å². The molecule has 0 heterocycles. The van der Waals surface area contributed by atoms with E-state index in [0.717, 1.165) is 17.8 Å². The van der Waals surface area contributed by atoms with Crippen LogP contribution in [0, 0.1) is 23.2 Å². The normalized spacial score (nSPS) is 38.1. The van der Waals surface area contributed by atoms with E-state index in [2.05, 4.69) is 17.6 Å². The van der Waals surface area contributed by atoms with Crippen LogP contribution in [0.5, 0.6) is 0 Å². The Kier molecular flexibility index (Phi) is 3.95. The summed E-state index contributed by atoms with van der Waals surface area (Å²) in [6.07, 6.45) is 8.05. The van der Waals surface area contributed by atoms with Gasteiger partial charge in [0.05, 0.1) is 13.1 Å². The van der Waals surface area contributed by atoms with Crippen molar-refractivity contribution in [2.75, 3.05) is 13.1 Å². The van der Waals surface area contributed by atoms with E-state index in [4.69, 9.17) is 5.73 Å². The van der Waals surface area contributed by atoms with E-state index in [1.807, 2.05) is 0 Å². The molecule has 4 bridgehead atoms. The maximum Gasteiger partial charge on any atom is 0.239 e. The Balaban J connectivity index is 1.56. The average molecular weight is 293 g/mol. The minimum absolute atomic E-state index is 0.0345. The van der Waals surface area contributed by atoms with E-state index in [1.165, 1.54) is 38.5 Å². The van der Waals surface area contributed by atoms with E-state index in [9.17, 15) is 9.59 Å². The zero-order valence-electron chi connectivity index (χ0n) is 12.9. The van der Waals surface area contributed by atoms with Crippen molar-refractivity contribution in [1.29, 1.82) is 0 Å². The third-order valence-electron chi connectivity index (χ3n) is 6.01. The minimum Gasteiger partial charge on any atom is -0.352 e. The van der Waals surface area contributed by atoms with E-state index >= 15 is 0 Å². The fraction of sp³-hybridized carbons (Fsp3) is 0.875. The average Bonchev–Trinajstić information content (AvgIpc) is 2.43. The van der Waals surface area contributed by atoms with Crippen LogP contribution in [0.25, 0.3) is 0 Å². The standard InChI is InChI=1S/C16H27N3O2/c1-10(19-15(21)9-18-14(20)8-17)16-5-11-2-12(6-16)4-13(3-11)7-16/h10-13H,2-9,17H2,1H3,(H,18,20)(H,19,21). The Bertz CT molecular complexity index is 400. The van der Waals surface area contributed by atoms with Gasteiger partial charge in [-0.25, -0.2) is 0 Å². The highest BCUT2D eigenvalue weighted by atomic mass is 16.2. The first kappa shape index (κ1) is 14.8. The summed E-state index contributed by atoms with van der Waals surface area (Å²) in [6, 6.07) is 0.202. The molecule has 0 spiro atoms. The molecule has 0 aromatic heterocycles. The molecule has 1 unspecified atom stereocenters. The van der Waals surface area contributed by atoms with E-state index in [1.54, 1.807) is 0 Å². The zero-order valence-corrected chi connectivity index (χ0v) is 12.9. The number of hydrogen-bond acceptors (Lipinski definition) is 3. The van der Waals surface area contributed by atoms with Crippen LogP contribution in [0.4, 0.5) is 0 Å². The van der Waals surface area contributed by atoms with Crippen molar-refractivity contribution in [3.63, 3.8) is 0 Å². The Morgan fingerprint density at radius 3 is 2.10 bits per heavy atom. The first-order valence-electron chi connectivity index (χ1n) is 8.27. The van der Waals surface area contributed by atoms with Gasteiger partial charge in [0, 0.05) is 6.04 Å². The molecule has 4 N–H and O–H groups in total. The van der Waals surface area contributed by atoms with E-state index in [-0.39, 0.29) is 30.9 Å². The summed E-state index contributed by atoms with van der Waals surface area (Å²) in [4.78, 5) is 23.1. The highest BCUT2D eigenvalue weighted by molar-refractivity contribution is 5.85. The number of nitrogens with two attached hydrogens (primary N) is 1. The van der Waals surface area contributed by atoms with Crippen molar-refractivity contribution in [1.82, 2.24) is 10.6 Å². The molecule has 4 saturated carbocycles. The number of carbonyl (C=O) groups excluding carboxylic acids is 2. The van der Waals surface area contributed by atoms with Gasteiger partial charge in [-0.1, -0.05) is 0 Å². The largest absolute Gasteiger partial charge is 0.352 e. The molecule has 21 heavy (non-hydrogen) atoms. The molecule has 1 atom stereocenters. The first-order valence-corrected chi connectivity index (χ1v) is 8.27. The Morgan fingerprint density at radius 2 is 1.62 bits per heavy atom. The molecule has 4 fully saturated rings. The van der Waals surface area contributed by atoms with Crippen molar-refractivity contribution < 1.29 is 9.59 Å². The highest BCUT2D eigenvalue weighted by Gasteiger charge is 2.53. The van der Waals surface area contributed by atoms with Gasteiger partial charge in [-0.15, -0.1) is 0 Å². The monoisotopic (exact) mass is 293 g/mol. The van der Waals surface area contributed by atoms with Crippen molar-refractivity contribution in [2.24, 2.45) is 28.9 Å². The van der Waals surface area contributed by atoms with Gasteiger partial charge in [-0.05, 0) is 68.6 Å². The molecule has 5 nitrogen and oxygen atoms in total. The topological polar surface area (TPSA) is 84.2 Å². The fourth-order valence-corrected chi connectivity index (χ4v) is 5.40. The zero-order chi connectivity index (χ0) is 15.0. The fourth-order valence-electron chi connectivity index (χ4n) is 5.40. The predicted octanol–water partition coefficient (Wildman–Crippen LogP) is 0.782. The summed E-state index contributed by atoms with van der Waals surface area (Å²) in [5.41, 5.74) is 5.53. The molecular formula is C16H27N3O2. The van der Waals surface area contributed by atoms with Crippen LogP contribution in [-0.4, -0.2) is 30.9 Å². The van der Waals surface area contributed by atoms with Gasteiger partial charge >= 0.3 is 0 Å². The number of amides is 2. The Morgan fingerprint density at radius 1 is 1.10 bits per heavy atom. The summed E-state index contributed by atoms with van der Waals surface area (Å²) in [5, 5.41) is 5.66. The molecule has 118 valence electrons. The summed E-state index contributed by atoms with van der Waals surface area (Å²) in [5.74, 6) is 2.26. The number of nitrogens with one attached hydrogen (secondary N) is 2. The second kappa shape index (κ2) is 5.59. The van der Waals surface area contributed by atoms with Gasteiger partial charge in [-0.3, -0.25) is 9.59 Å². The van der Waals surface area contributed by atoms with Crippen LogP contribution in [0.2, 0.25) is 0 Å². The lowest BCUT2D eigenvalue weighted by Crippen LogP contribution is -2.56. The first-order chi connectivity index (χ1) is 10.0. The summed E-state index contributed by atoms with van der Waals surface area (Å²) in [7, 11) is 0. The van der Waals surface area contributed by atoms with E-state index in [0.29, 0.717) is 5.41 Å². The van der Waals surface area contributed by atoms with Gasteiger partial charge in [0.1, 0.15) is 0 Å². The lowest BCUT2D eigenvalue weighted by Gasteiger charge is -2.59. The molecule has 4 rings (SSSR count). The van der Waals surface area contributed by atoms with Crippen molar-refractivity contribution >= 4 is 11.8 Å². The van der Waals surface area contributed by atoms with Gasteiger partial charge in [0.25, 0.3) is 0 Å². The molecule has 0 aromatic carbocycles. The van der Waals surface area contributed by atoms with Crippen LogP contribution in [0.15, 0.2) is 0 Å². The maximum absolute atomic E-state index is 12.0. The van der Waals surface area contributed by atoms with Gasteiger partial charge in [0.15, 0.2) is 0 Å². The summed E-state index contributed by atoms with van der Waals surface area (Å²) < 4.78 is 0.